The summed E-state index contributed by atoms with van der Waals surface area (Å²) in [6.45, 7) is 4.60. The number of nitrogens with zero attached hydrogens (tertiary/aromatic N) is 2. The number of hydrogen-bond acceptors (Lipinski definition) is 4. The van der Waals surface area contributed by atoms with Crippen LogP contribution >= 0.6 is 0 Å². The number of rotatable bonds is 1. The first kappa shape index (κ1) is 9.93. The predicted molar refractivity (Wildman–Crippen MR) is 56.3 cm³/mol. The topological polar surface area (TPSA) is 36.9 Å². The summed E-state index contributed by atoms with van der Waals surface area (Å²) >= 11 is 0. The van der Waals surface area contributed by atoms with Crippen molar-refractivity contribution in [2.75, 3.05) is 32.8 Å². The minimum absolute atomic E-state index is 0.834. The molecule has 2 aliphatic heterocycles. The van der Waals surface area contributed by atoms with Gasteiger partial charge >= 0.3 is 0 Å². The van der Waals surface area contributed by atoms with E-state index in [-0.39, 0.29) is 0 Å². The molecule has 80 valence electrons. The molecule has 14 heavy (non-hydrogen) atoms. The smallest absolute Gasteiger partial charge is 0.111 e. The van der Waals surface area contributed by atoms with E-state index in [1.165, 1.54) is 25.1 Å². The summed E-state index contributed by atoms with van der Waals surface area (Å²) in [5.41, 5.74) is 3.40. The third-order valence-electron chi connectivity index (χ3n) is 2.67. The number of aliphatic imine (C=N–C) groups is 1. The lowest BCUT2D eigenvalue weighted by atomic mass is 10.2. The van der Waals surface area contributed by atoms with Crippen molar-refractivity contribution >= 4 is 5.84 Å². The van der Waals surface area contributed by atoms with Gasteiger partial charge in [-0.25, -0.2) is 5.01 Å². The van der Waals surface area contributed by atoms with Crippen LogP contribution < -0.4 is 5.43 Å². The first-order chi connectivity index (χ1) is 6.95. The van der Waals surface area contributed by atoms with E-state index >= 15 is 0 Å². The van der Waals surface area contributed by atoms with Gasteiger partial charge in [-0.2, -0.15) is 0 Å². The van der Waals surface area contributed by atoms with Crippen molar-refractivity contribution in [3.05, 3.63) is 0 Å². The molecule has 0 spiro atoms. The Kier molecular flexibility index (Phi) is 3.77. The SMILES string of the molecule is C1CCN=C(NN2CCOCC2)CC1. The second kappa shape index (κ2) is 5.32. The van der Waals surface area contributed by atoms with Crippen LogP contribution in [0.5, 0.6) is 0 Å². The molecular formula is C10H19N3O. The molecule has 0 saturated carbocycles. The average Bonchev–Trinajstić information content (AvgIpc) is 2.48. The number of morpholine rings is 1. The van der Waals surface area contributed by atoms with Crippen molar-refractivity contribution in [2.24, 2.45) is 4.99 Å². The Morgan fingerprint density at radius 1 is 1.14 bits per heavy atom. The normalized spacial score (nSPS) is 25.3. The summed E-state index contributed by atoms with van der Waals surface area (Å²) in [5, 5.41) is 2.22. The highest BCUT2D eigenvalue weighted by atomic mass is 16.5. The second-order valence-electron chi connectivity index (χ2n) is 3.85. The van der Waals surface area contributed by atoms with Gasteiger partial charge in [-0.3, -0.25) is 4.99 Å². The molecule has 1 saturated heterocycles. The quantitative estimate of drug-likeness (QED) is 0.675. The summed E-state index contributed by atoms with van der Waals surface area (Å²) < 4.78 is 5.29. The zero-order valence-electron chi connectivity index (χ0n) is 8.67. The number of amidine groups is 1. The summed E-state index contributed by atoms with van der Waals surface area (Å²) in [5.74, 6) is 1.17. The van der Waals surface area contributed by atoms with Crippen LogP contribution in [0.15, 0.2) is 4.99 Å². The third-order valence-corrected chi connectivity index (χ3v) is 2.67. The van der Waals surface area contributed by atoms with Gasteiger partial charge in [-0.1, -0.05) is 6.42 Å². The van der Waals surface area contributed by atoms with E-state index in [9.17, 15) is 0 Å². The highest BCUT2D eigenvalue weighted by molar-refractivity contribution is 5.81. The van der Waals surface area contributed by atoms with Crippen molar-refractivity contribution < 1.29 is 4.74 Å². The molecule has 2 aliphatic rings. The number of nitrogens with one attached hydrogen (secondary N) is 1. The van der Waals surface area contributed by atoms with Gasteiger partial charge in [0.25, 0.3) is 0 Å². The van der Waals surface area contributed by atoms with Gasteiger partial charge in [0.05, 0.1) is 13.2 Å². The fourth-order valence-electron chi connectivity index (χ4n) is 1.82. The summed E-state index contributed by atoms with van der Waals surface area (Å²) in [6, 6.07) is 0. The molecule has 2 heterocycles. The van der Waals surface area contributed by atoms with Gasteiger partial charge in [-0.05, 0) is 12.8 Å². The van der Waals surface area contributed by atoms with Crippen LogP contribution in [-0.4, -0.2) is 43.7 Å². The minimum Gasteiger partial charge on any atom is -0.379 e. The van der Waals surface area contributed by atoms with Crippen molar-refractivity contribution in [1.82, 2.24) is 10.4 Å². The molecule has 1 fully saturated rings. The van der Waals surface area contributed by atoms with Crippen LogP contribution in [0.2, 0.25) is 0 Å². The molecule has 0 unspecified atom stereocenters. The Labute approximate surface area is 85.3 Å². The van der Waals surface area contributed by atoms with E-state index in [1.54, 1.807) is 0 Å². The predicted octanol–water partition coefficient (Wildman–Crippen LogP) is 0.796. The lowest BCUT2D eigenvalue weighted by Gasteiger charge is -2.28. The zero-order chi connectivity index (χ0) is 9.64. The number of ether oxygens (including phenoxy) is 1. The van der Waals surface area contributed by atoms with E-state index in [2.05, 4.69) is 15.4 Å². The van der Waals surface area contributed by atoms with Gasteiger partial charge < -0.3 is 10.2 Å². The number of hydrazine groups is 1. The molecule has 1 N–H and O–H groups in total. The highest BCUT2D eigenvalue weighted by Crippen LogP contribution is 2.06. The highest BCUT2D eigenvalue weighted by Gasteiger charge is 2.12. The third kappa shape index (κ3) is 2.96. The molecule has 0 aliphatic carbocycles. The largest absolute Gasteiger partial charge is 0.379 e. The van der Waals surface area contributed by atoms with E-state index in [0.717, 1.165) is 39.3 Å². The molecule has 0 aromatic rings. The van der Waals surface area contributed by atoms with Crippen molar-refractivity contribution in [1.29, 1.82) is 0 Å². The van der Waals surface area contributed by atoms with Gasteiger partial charge in [0, 0.05) is 26.1 Å². The van der Waals surface area contributed by atoms with Crippen LogP contribution in [-0.2, 0) is 4.74 Å². The first-order valence-electron chi connectivity index (χ1n) is 5.58. The van der Waals surface area contributed by atoms with Crippen molar-refractivity contribution in [3.63, 3.8) is 0 Å². The lowest BCUT2D eigenvalue weighted by Crippen LogP contribution is -2.48. The molecule has 0 aromatic carbocycles. The molecular weight excluding hydrogens is 178 g/mol. The molecule has 0 atom stereocenters. The molecule has 2 rings (SSSR count). The number of hydrogen-bond donors (Lipinski definition) is 1. The molecule has 4 heteroatoms. The Morgan fingerprint density at radius 3 is 2.86 bits per heavy atom. The van der Waals surface area contributed by atoms with Gasteiger partial charge in [-0.15, -0.1) is 0 Å². The molecule has 4 nitrogen and oxygen atoms in total. The van der Waals surface area contributed by atoms with E-state index < -0.39 is 0 Å². The Bertz CT molecular complexity index is 200. The van der Waals surface area contributed by atoms with Crippen molar-refractivity contribution in [2.45, 2.75) is 25.7 Å². The van der Waals surface area contributed by atoms with Gasteiger partial charge in [0.1, 0.15) is 5.84 Å². The standard InChI is InChI=1S/C10H19N3O/c1-2-4-10(11-5-3-1)12-13-6-8-14-9-7-13/h1-9H2,(H,11,12). The van der Waals surface area contributed by atoms with E-state index in [1.807, 2.05) is 0 Å². The average molecular weight is 197 g/mol. The van der Waals surface area contributed by atoms with Crippen LogP contribution in [0.4, 0.5) is 0 Å². The Balaban J connectivity index is 1.79. The lowest BCUT2D eigenvalue weighted by molar-refractivity contribution is 0.0244. The zero-order valence-corrected chi connectivity index (χ0v) is 8.67. The monoisotopic (exact) mass is 197 g/mol. The molecule has 0 aromatic heterocycles. The van der Waals surface area contributed by atoms with Gasteiger partial charge in [0.15, 0.2) is 0 Å². The minimum atomic E-state index is 0.834. The van der Waals surface area contributed by atoms with E-state index in [4.69, 9.17) is 4.74 Å². The summed E-state index contributed by atoms with van der Waals surface area (Å²) in [6.07, 6.45) is 4.94. The summed E-state index contributed by atoms with van der Waals surface area (Å²) in [7, 11) is 0. The van der Waals surface area contributed by atoms with Crippen LogP contribution in [0.3, 0.4) is 0 Å². The van der Waals surface area contributed by atoms with Crippen molar-refractivity contribution in [3.8, 4) is 0 Å². The van der Waals surface area contributed by atoms with E-state index in [0.29, 0.717) is 0 Å². The molecule has 0 radical (unpaired) electrons. The Morgan fingerprint density at radius 2 is 2.00 bits per heavy atom. The second-order valence-corrected chi connectivity index (χ2v) is 3.85. The van der Waals surface area contributed by atoms with Crippen LogP contribution in [0.25, 0.3) is 0 Å². The first-order valence-corrected chi connectivity index (χ1v) is 5.58. The molecule has 0 amide bonds. The maximum atomic E-state index is 5.29. The maximum Gasteiger partial charge on any atom is 0.111 e. The summed E-state index contributed by atoms with van der Waals surface area (Å²) in [4.78, 5) is 4.54. The Hall–Kier alpha value is -0.610. The maximum absolute atomic E-state index is 5.29. The van der Waals surface area contributed by atoms with Crippen LogP contribution in [0.1, 0.15) is 25.7 Å². The van der Waals surface area contributed by atoms with Gasteiger partial charge in [0.2, 0.25) is 0 Å². The fraction of sp³-hybridized carbons (Fsp3) is 0.900. The fourth-order valence-corrected chi connectivity index (χ4v) is 1.82. The molecule has 0 bridgehead atoms. The van der Waals surface area contributed by atoms with Crippen LogP contribution in [0, 0.1) is 0 Å².